The number of H-pyrrole nitrogens is 1. The summed E-state index contributed by atoms with van der Waals surface area (Å²) >= 11 is 0. The number of hydrogen-bond acceptors (Lipinski definition) is 1. The van der Waals surface area contributed by atoms with E-state index in [-0.39, 0.29) is 5.49 Å². The van der Waals surface area contributed by atoms with Crippen LogP contribution in [0.2, 0.25) is 0 Å². The van der Waals surface area contributed by atoms with Gasteiger partial charge in [-0.05, 0) is 12.1 Å². The fourth-order valence-corrected chi connectivity index (χ4v) is 0.621. The maximum absolute atomic E-state index is 11.7. The van der Waals surface area contributed by atoms with Crippen LogP contribution in [0.4, 0.5) is 8.78 Å². The Morgan fingerprint density at radius 3 is 2.75 bits per heavy atom. The minimum Gasteiger partial charge on any atom is -0.347 e. The smallest absolute Gasteiger partial charge is 0.317 e. The van der Waals surface area contributed by atoms with Crippen molar-refractivity contribution in [3.8, 4) is 0 Å². The summed E-state index contributed by atoms with van der Waals surface area (Å²) in [7, 11) is 0. The van der Waals surface area contributed by atoms with Crippen LogP contribution in [0.15, 0.2) is 29.4 Å². The summed E-state index contributed by atoms with van der Waals surface area (Å²) in [5, 5.41) is 0. The summed E-state index contributed by atoms with van der Waals surface area (Å²) in [5.74, 6) is -1.43. The number of aromatic amines is 1. The lowest BCUT2D eigenvalue weighted by molar-refractivity contribution is -0.128. The van der Waals surface area contributed by atoms with Gasteiger partial charge in [0.1, 0.15) is 5.49 Å². The Morgan fingerprint density at radius 2 is 2.25 bits per heavy atom. The van der Waals surface area contributed by atoms with Gasteiger partial charge in [-0.1, -0.05) is 6.07 Å². The van der Waals surface area contributed by atoms with Crippen molar-refractivity contribution in [3.63, 3.8) is 0 Å². The molecule has 12 heavy (non-hydrogen) atoms. The average molecular weight is 172 g/mol. The van der Waals surface area contributed by atoms with E-state index in [1.165, 1.54) is 12.3 Å². The molecule has 1 rings (SSSR count). The zero-order valence-corrected chi connectivity index (χ0v) is 6.00. The Hall–Kier alpha value is -1.52. The molecule has 0 spiro atoms. The largest absolute Gasteiger partial charge is 0.347 e. The van der Waals surface area contributed by atoms with Crippen LogP contribution in [0.5, 0.6) is 0 Å². The van der Waals surface area contributed by atoms with Gasteiger partial charge in [0.2, 0.25) is 0 Å². The summed E-state index contributed by atoms with van der Waals surface area (Å²) in [6, 6.07) is 4.68. The Balaban J connectivity index is 2.91. The van der Waals surface area contributed by atoms with Crippen molar-refractivity contribution in [2.24, 2.45) is 4.99 Å². The van der Waals surface area contributed by atoms with Gasteiger partial charge in [0.25, 0.3) is 0 Å². The van der Waals surface area contributed by atoms with Gasteiger partial charge in [0.05, 0.1) is 0 Å². The number of rotatable bonds is 1. The van der Waals surface area contributed by atoms with Crippen molar-refractivity contribution in [2.45, 2.75) is 6.43 Å². The molecule has 0 unspecified atom stereocenters. The maximum atomic E-state index is 11.7. The Labute approximate surface area is 66.8 Å². The van der Waals surface area contributed by atoms with Gasteiger partial charge < -0.3 is 4.98 Å². The summed E-state index contributed by atoms with van der Waals surface area (Å²) < 4.78 is 23.3. The number of alkyl halides is 2. The predicted octanol–water partition coefficient (Wildman–Crippen LogP) is 0.707. The molecule has 0 radical (unpaired) electrons. The zero-order chi connectivity index (χ0) is 8.97. The molecular formula is C7H6F2N2O. The molecule has 3 nitrogen and oxygen atoms in total. The molecule has 1 N–H and O–H groups in total. The lowest BCUT2D eigenvalue weighted by atomic mass is 10.5. The van der Waals surface area contributed by atoms with E-state index >= 15 is 0 Å². The topological polar surface area (TPSA) is 45.2 Å². The molecule has 0 bridgehead atoms. The molecule has 0 saturated carbocycles. The van der Waals surface area contributed by atoms with Gasteiger partial charge in [-0.15, -0.1) is 0 Å². The Morgan fingerprint density at radius 1 is 1.50 bits per heavy atom. The first-order valence-electron chi connectivity index (χ1n) is 3.20. The molecule has 64 valence electrons. The molecule has 1 amide bonds. The summed E-state index contributed by atoms with van der Waals surface area (Å²) in [6.45, 7) is 0. The second kappa shape index (κ2) is 3.75. The molecule has 0 fully saturated rings. The molecule has 0 aliphatic heterocycles. The Kier molecular flexibility index (Phi) is 2.68. The number of pyridine rings is 1. The van der Waals surface area contributed by atoms with Crippen molar-refractivity contribution >= 4 is 5.91 Å². The standard InChI is InChI=1S/C7H6F2N2O/c8-6(9)7(12)11-5-3-1-2-4-10-5/h1-4,6H,(H,10,11,12). The number of carbonyl (C=O) groups is 1. The van der Waals surface area contributed by atoms with Crippen LogP contribution in [0.25, 0.3) is 0 Å². The summed E-state index contributed by atoms with van der Waals surface area (Å²) in [6.07, 6.45) is -1.55. The highest BCUT2D eigenvalue weighted by Gasteiger charge is 2.12. The van der Waals surface area contributed by atoms with E-state index in [0.29, 0.717) is 0 Å². The summed E-state index contributed by atoms with van der Waals surface area (Å²) in [4.78, 5) is 16.0. The number of carbonyl (C=O) groups excluding carboxylic acids is 1. The fourth-order valence-electron chi connectivity index (χ4n) is 0.621. The highest BCUT2D eigenvalue weighted by atomic mass is 19.3. The number of nitrogens with zero attached hydrogens (tertiary/aromatic N) is 1. The Bertz CT molecular complexity index is 315. The van der Waals surface area contributed by atoms with Crippen LogP contribution in [-0.2, 0) is 4.79 Å². The van der Waals surface area contributed by atoms with Gasteiger partial charge in [-0.3, -0.25) is 4.79 Å². The zero-order valence-electron chi connectivity index (χ0n) is 6.00. The minimum absolute atomic E-state index is 0.128. The lowest BCUT2D eigenvalue weighted by Crippen LogP contribution is -2.14. The van der Waals surface area contributed by atoms with Gasteiger partial charge in [-0.25, -0.2) is 0 Å². The summed E-state index contributed by atoms with van der Waals surface area (Å²) in [5.41, 5.74) is 0.128. The molecule has 1 aromatic heterocycles. The molecule has 1 aromatic rings. The van der Waals surface area contributed by atoms with E-state index in [9.17, 15) is 13.6 Å². The normalized spacial score (nSPS) is 12.1. The molecule has 5 heteroatoms. The molecular weight excluding hydrogens is 166 g/mol. The average Bonchev–Trinajstić information content (AvgIpc) is 2.06. The molecule has 1 heterocycles. The van der Waals surface area contributed by atoms with Crippen LogP contribution in [-0.4, -0.2) is 17.3 Å². The quantitative estimate of drug-likeness (QED) is 0.666. The molecule has 0 aliphatic rings. The molecule has 0 aromatic carbocycles. The van der Waals surface area contributed by atoms with Crippen LogP contribution in [0.1, 0.15) is 0 Å². The first kappa shape index (κ1) is 8.58. The number of aromatic nitrogens is 1. The first-order valence-corrected chi connectivity index (χ1v) is 3.20. The SMILES string of the molecule is O=C(/N=c1\cccc[nH]1)C(F)F. The monoisotopic (exact) mass is 172 g/mol. The van der Waals surface area contributed by atoms with Gasteiger partial charge in [-0.2, -0.15) is 13.8 Å². The number of hydrogen-bond donors (Lipinski definition) is 1. The number of amides is 1. The highest BCUT2D eigenvalue weighted by Crippen LogP contribution is 1.92. The van der Waals surface area contributed by atoms with E-state index in [1.54, 1.807) is 12.1 Å². The third-order valence-electron chi connectivity index (χ3n) is 1.11. The second-order valence-corrected chi connectivity index (χ2v) is 2.00. The van der Waals surface area contributed by atoms with Crippen molar-refractivity contribution < 1.29 is 13.6 Å². The van der Waals surface area contributed by atoms with Gasteiger partial charge >= 0.3 is 12.3 Å². The number of halogens is 2. The molecule has 0 atom stereocenters. The first-order chi connectivity index (χ1) is 5.70. The van der Waals surface area contributed by atoms with E-state index in [4.69, 9.17) is 0 Å². The van der Waals surface area contributed by atoms with Crippen molar-refractivity contribution in [1.29, 1.82) is 0 Å². The van der Waals surface area contributed by atoms with Crippen molar-refractivity contribution in [1.82, 2.24) is 4.98 Å². The molecule has 0 saturated heterocycles. The van der Waals surface area contributed by atoms with Crippen molar-refractivity contribution in [2.75, 3.05) is 0 Å². The van der Waals surface area contributed by atoms with E-state index in [2.05, 4.69) is 9.98 Å². The van der Waals surface area contributed by atoms with Crippen LogP contribution in [0, 0.1) is 0 Å². The predicted molar refractivity (Wildman–Crippen MR) is 37.4 cm³/mol. The van der Waals surface area contributed by atoms with Crippen LogP contribution in [0.3, 0.4) is 0 Å². The third-order valence-corrected chi connectivity index (χ3v) is 1.11. The fraction of sp³-hybridized carbons (Fsp3) is 0.143. The third kappa shape index (κ3) is 2.26. The van der Waals surface area contributed by atoms with E-state index in [1.807, 2.05) is 0 Å². The van der Waals surface area contributed by atoms with E-state index < -0.39 is 12.3 Å². The number of nitrogens with one attached hydrogen (secondary N) is 1. The maximum Gasteiger partial charge on any atom is 0.317 e. The van der Waals surface area contributed by atoms with Gasteiger partial charge in [0, 0.05) is 6.20 Å². The highest BCUT2D eigenvalue weighted by molar-refractivity contribution is 5.79. The van der Waals surface area contributed by atoms with Crippen LogP contribution < -0.4 is 5.49 Å². The molecule has 0 aliphatic carbocycles. The van der Waals surface area contributed by atoms with Gasteiger partial charge in [0.15, 0.2) is 0 Å². The minimum atomic E-state index is -3.04. The van der Waals surface area contributed by atoms with Crippen LogP contribution >= 0.6 is 0 Å². The lowest BCUT2D eigenvalue weighted by Gasteiger charge is -1.89. The second-order valence-electron chi connectivity index (χ2n) is 2.00. The van der Waals surface area contributed by atoms with Crippen molar-refractivity contribution in [3.05, 3.63) is 29.9 Å². The van der Waals surface area contributed by atoms with E-state index in [0.717, 1.165) is 0 Å².